The summed E-state index contributed by atoms with van der Waals surface area (Å²) in [5, 5.41) is 11.7. The monoisotopic (exact) mass is 278 g/mol. The number of rotatable bonds is 1. The van der Waals surface area contributed by atoms with Gasteiger partial charge in [0, 0.05) is 11.8 Å². The van der Waals surface area contributed by atoms with Crippen LogP contribution in [0, 0.1) is 18.3 Å². The van der Waals surface area contributed by atoms with Crippen molar-refractivity contribution < 1.29 is 0 Å². The van der Waals surface area contributed by atoms with Crippen LogP contribution in [-0.2, 0) is 0 Å². The number of hydrogen-bond acceptors (Lipinski definition) is 2. The van der Waals surface area contributed by atoms with Crippen LogP contribution in [0.1, 0.15) is 11.3 Å². The number of halogens is 1. The van der Waals surface area contributed by atoms with Gasteiger partial charge in [0.15, 0.2) is 5.69 Å². The SMILES string of the molecule is Cc1c(-c2ccc3ccccc3c2)cnc(C#N)c1Cl. The van der Waals surface area contributed by atoms with Gasteiger partial charge in [-0.3, -0.25) is 0 Å². The maximum atomic E-state index is 8.95. The highest BCUT2D eigenvalue weighted by Gasteiger charge is 2.11. The normalized spacial score (nSPS) is 10.4. The summed E-state index contributed by atoms with van der Waals surface area (Å²) in [6, 6.07) is 16.4. The van der Waals surface area contributed by atoms with Crippen molar-refractivity contribution in [1.29, 1.82) is 5.26 Å². The first-order chi connectivity index (χ1) is 9.70. The zero-order valence-corrected chi connectivity index (χ0v) is 11.6. The molecular weight excluding hydrogens is 268 g/mol. The standard InChI is InChI=1S/C17H11ClN2/c1-11-15(10-20-16(9-19)17(11)18)14-7-6-12-4-2-3-5-13(12)8-14/h2-8,10H,1H3. The lowest BCUT2D eigenvalue weighted by Gasteiger charge is -2.09. The Bertz CT molecular complexity index is 847. The van der Waals surface area contributed by atoms with Gasteiger partial charge >= 0.3 is 0 Å². The minimum absolute atomic E-state index is 0.272. The van der Waals surface area contributed by atoms with E-state index in [9.17, 15) is 0 Å². The zero-order chi connectivity index (χ0) is 14.1. The summed E-state index contributed by atoms with van der Waals surface area (Å²) in [6.45, 7) is 1.91. The van der Waals surface area contributed by atoms with Crippen LogP contribution in [0.15, 0.2) is 48.7 Å². The van der Waals surface area contributed by atoms with Crippen molar-refractivity contribution in [3.63, 3.8) is 0 Å². The molecule has 0 unspecified atom stereocenters. The van der Waals surface area contributed by atoms with E-state index in [0.717, 1.165) is 16.7 Å². The van der Waals surface area contributed by atoms with Gasteiger partial charge in [-0.1, -0.05) is 48.0 Å². The van der Waals surface area contributed by atoms with Gasteiger partial charge in [0.1, 0.15) is 6.07 Å². The van der Waals surface area contributed by atoms with Gasteiger partial charge in [-0.15, -0.1) is 0 Å². The molecule has 0 aliphatic rings. The minimum Gasteiger partial charge on any atom is -0.243 e. The van der Waals surface area contributed by atoms with E-state index in [2.05, 4.69) is 35.3 Å². The molecule has 0 saturated carbocycles. The molecule has 0 fully saturated rings. The Morgan fingerprint density at radius 2 is 1.85 bits per heavy atom. The van der Waals surface area contributed by atoms with Crippen LogP contribution in [0.25, 0.3) is 21.9 Å². The van der Waals surface area contributed by atoms with E-state index < -0.39 is 0 Å². The van der Waals surface area contributed by atoms with E-state index in [1.807, 2.05) is 25.1 Å². The molecule has 1 aromatic heterocycles. The maximum absolute atomic E-state index is 8.95. The van der Waals surface area contributed by atoms with Crippen molar-refractivity contribution in [2.24, 2.45) is 0 Å². The summed E-state index contributed by atoms with van der Waals surface area (Å²) in [5.74, 6) is 0. The number of nitriles is 1. The molecule has 3 heteroatoms. The summed E-state index contributed by atoms with van der Waals surface area (Å²) < 4.78 is 0. The number of benzene rings is 2. The zero-order valence-electron chi connectivity index (χ0n) is 10.9. The third-order valence-corrected chi connectivity index (χ3v) is 3.89. The van der Waals surface area contributed by atoms with Crippen LogP contribution in [0.3, 0.4) is 0 Å². The molecule has 2 aromatic carbocycles. The molecule has 3 aromatic rings. The van der Waals surface area contributed by atoms with Gasteiger partial charge in [-0.25, -0.2) is 4.98 Å². The first-order valence-corrected chi connectivity index (χ1v) is 6.63. The number of fused-ring (bicyclic) bond motifs is 1. The smallest absolute Gasteiger partial charge is 0.159 e. The van der Waals surface area contributed by atoms with E-state index in [4.69, 9.17) is 16.9 Å². The van der Waals surface area contributed by atoms with Gasteiger partial charge in [-0.2, -0.15) is 5.26 Å². The maximum Gasteiger partial charge on any atom is 0.159 e. The molecule has 0 N–H and O–H groups in total. The number of nitrogens with zero attached hydrogens (tertiary/aromatic N) is 2. The number of hydrogen-bond donors (Lipinski definition) is 0. The van der Waals surface area contributed by atoms with Gasteiger partial charge in [0.25, 0.3) is 0 Å². The second-order valence-electron chi connectivity index (χ2n) is 4.63. The molecule has 3 rings (SSSR count). The average Bonchev–Trinajstić information content (AvgIpc) is 2.49. The molecule has 0 amide bonds. The molecule has 1 heterocycles. The fourth-order valence-electron chi connectivity index (χ4n) is 2.30. The highest BCUT2D eigenvalue weighted by Crippen LogP contribution is 2.31. The Labute approximate surface area is 122 Å². The third-order valence-electron chi connectivity index (χ3n) is 3.43. The molecule has 0 spiro atoms. The lowest BCUT2D eigenvalue weighted by atomic mass is 9.99. The third kappa shape index (κ3) is 2.03. The largest absolute Gasteiger partial charge is 0.243 e. The van der Waals surface area contributed by atoms with E-state index in [1.54, 1.807) is 6.20 Å². The predicted octanol–water partition coefficient (Wildman–Crippen LogP) is 4.74. The second-order valence-corrected chi connectivity index (χ2v) is 5.01. The van der Waals surface area contributed by atoms with E-state index in [0.29, 0.717) is 5.02 Å². The predicted molar refractivity (Wildman–Crippen MR) is 81.6 cm³/mol. The molecule has 0 atom stereocenters. The number of aromatic nitrogens is 1. The van der Waals surface area contributed by atoms with E-state index in [-0.39, 0.29) is 5.69 Å². The summed E-state index contributed by atoms with van der Waals surface area (Å²) >= 11 is 6.18. The van der Waals surface area contributed by atoms with Crippen molar-refractivity contribution in [3.8, 4) is 17.2 Å². The summed E-state index contributed by atoms with van der Waals surface area (Å²) in [5.41, 5.74) is 3.17. The quantitative estimate of drug-likeness (QED) is 0.645. The Hall–Kier alpha value is -2.37. The fraction of sp³-hybridized carbons (Fsp3) is 0.0588. The van der Waals surface area contributed by atoms with E-state index >= 15 is 0 Å². The van der Waals surface area contributed by atoms with Gasteiger partial charge in [0.2, 0.25) is 0 Å². The summed E-state index contributed by atoms with van der Waals surface area (Å²) in [6.07, 6.45) is 1.71. The molecule has 0 bridgehead atoms. The summed E-state index contributed by atoms with van der Waals surface area (Å²) in [7, 11) is 0. The van der Waals surface area contributed by atoms with Crippen LogP contribution < -0.4 is 0 Å². The summed E-state index contributed by atoms with van der Waals surface area (Å²) in [4.78, 5) is 4.12. The van der Waals surface area contributed by atoms with Gasteiger partial charge in [0.05, 0.1) is 5.02 Å². The highest BCUT2D eigenvalue weighted by atomic mass is 35.5. The number of pyridine rings is 1. The average molecular weight is 279 g/mol. The van der Waals surface area contributed by atoms with Crippen LogP contribution in [0.2, 0.25) is 5.02 Å². The Kier molecular flexibility index (Phi) is 3.14. The molecule has 0 aliphatic heterocycles. The molecule has 0 saturated heterocycles. The minimum atomic E-state index is 0.272. The van der Waals surface area contributed by atoms with Crippen molar-refractivity contribution in [3.05, 3.63) is 64.9 Å². The van der Waals surface area contributed by atoms with Crippen LogP contribution in [-0.4, -0.2) is 4.98 Å². The van der Waals surface area contributed by atoms with Crippen molar-refractivity contribution in [2.45, 2.75) is 6.92 Å². The molecular formula is C17H11ClN2. The van der Waals surface area contributed by atoms with Gasteiger partial charge in [-0.05, 0) is 34.9 Å². The van der Waals surface area contributed by atoms with Crippen molar-refractivity contribution in [2.75, 3.05) is 0 Å². The Balaban J connectivity index is 2.21. The van der Waals surface area contributed by atoms with E-state index in [1.165, 1.54) is 10.8 Å². The highest BCUT2D eigenvalue weighted by molar-refractivity contribution is 6.32. The molecule has 2 nitrogen and oxygen atoms in total. The lowest BCUT2D eigenvalue weighted by molar-refractivity contribution is 1.23. The Morgan fingerprint density at radius 3 is 2.60 bits per heavy atom. The topological polar surface area (TPSA) is 36.7 Å². The molecule has 96 valence electrons. The molecule has 20 heavy (non-hydrogen) atoms. The molecule has 0 radical (unpaired) electrons. The van der Waals surface area contributed by atoms with Crippen molar-refractivity contribution >= 4 is 22.4 Å². The van der Waals surface area contributed by atoms with Crippen LogP contribution in [0.5, 0.6) is 0 Å². The van der Waals surface area contributed by atoms with Crippen molar-refractivity contribution in [1.82, 2.24) is 4.98 Å². The van der Waals surface area contributed by atoms with Gasteiger partial charge < -0.3 is 0 Å². The Morgan fingerprint density at radius 1 is 1.10 bits per heavy atom. The lowest BCUT2D eigenvalue weighted by Crippen LogP contribution is -1.92. The first-order valence-electron chi connectivity index (χ1n) is 6.25. The van der Waals surface area contributed by atoms with Crippen LogP contribution in [0.4, 0.5) is 0 Å². The molecule has 0 aliphatic carbocycles. The second kappa shape index (κ2) is 4.96. The van der Waals surface area contributed by atoms with Crippen LogP contribution >= 0.6 is 11.6 Å². The first kappa shape index (κ1) is 12.7. The fourth-order valence-corrected chi connectivity index (χ4v) is 2.50.